The number of carbonyl (C=O) groups excluding carboxylic acids is 1. The number of hydrogen-bond acceptors (Lipinski definition) is 5. The Morgan fingerprint density at radius 2 is 2.25 bits per heavy atom. The maximum atomic E-state index is 12.4. The number of nitrogens with one attached hydrogen (secondary N) is 2. The van der Waals surface area contributed by atoms with E-state index in [1.807, 2.05) is 6.92 Å². The Morgan fingerprint density at radius 1 is 1.50 bits per heavy atom. The summed E-state index contributed by atoms with van der Waals surface area (Å²) in [5.41, 5.74) is 0.680. The van der Waals surface area contributed by atoms with Gasteiger partial charge in [-0.1, -0.05) is 13.8 Å². The van der Waals surface area contributed by atoms with Crippen LogP contribution in [0.15, 0.2) is 6.07 Å². The number of carbonyl (C=O) groups is 1. The first-order valence-electron chi connectivity index (χ1n) is 6.86. The number of aryl methyl sites for hydroxylation is 1. The number of piperidine rings is 1. The fraction of sp³-hybridized carbons (Fsp3) is 0.643. The van der Waals surface area contributed by atoms with Crippen molar-refractivity contribution in [2.24, 2.45) is 5.41 Å². The fourth-order valence-electron chi connectivity index (χ4n) is 2.54. The molecule has 20 heavy (non-hydrogen) atoms. The van der Waals surface area contributed by atoms with Crippen molar-refractivity contribution >= 4 is 11.9 Å². The molecule has 2 rings (SSSR count). The summed E-state index contributed by atoms with van der Waals surface area (Å²) in [6.45, 7) is 6.89. The van der Waals surface area contributed by atoms with Gasteiger partial charge in [-0.15, -0.1) is 0 Å². The fourth-order valence-corrected chi connectivity index (χ4v) is 2.54. The molecule has 0 aromatic carbocycles. The monoisotopic (exact) mass is 278 g/mol. The van der Waals surface area contributed by atoms with Gasteiger partial charge in [0.15, 0.2) is 0 Å². The summed E-state index contributed by atoms with van der Waals surface area (Å²) >= 11 is 0. The lowest BCUT2D eigenvalue weighted by atomic mass is 9.77. The van der Waals surface area contributed by atoms with E-state index in [1.165, 1.54) is 0 Å². The van der Waals surface area contributed by atoms with Crippen LogP contribution in [0, 0.1) is 12.3 Å². The van der Waals surface area contributed by atoms with Crippen LogP contribution in [0.3, 0.4) is 0 Å². The van der Waals surface area contributed by atoms with Gasteiger partial charge in [-0.25, -0.2) is 4.98 Å². The van der Waals surface area contributed by atoms with Gasteiger partial charge in [0.05, 0.1) is 13.2 Å². The Labute approximate surface area is 119 Å². The minimum Gasteiger partial charge on any atom is -0.481 e. The number of methoxy groups -OCH3 is 1. The van der Waals surface area contributed by atoms with E-state index in [1.54, 1.807) is 13.2 Å². The van der Waals surface area contributed by atoms with Crippen LogP contribution in [0.5, 0.6) is 5.88 Å². The lowest BCUT2D eigenvalue weighted by molar-refractivity contribution is -0.121. The van der Waals surface area contributed by atoms with Crippen LogP contribution in [0.1, 0.15) is 32.4 Å². The smallest absolute Gasteiger partial charge is 0.244 e. The predicted molar refractivity (Wildman–Crippen MR) is 76.8 cm³/mol. The molecule has 0 radical (unpaired) electrons. The van der Waals surface area contributed by atoms with Gasteiger partial charge < -0.3 is 10.1 Å². The Balaban J connectivity index is 2.13. The van der Waals surface area contributed by atoms with E-state index in [0.29, 0.717) is 5.88 Å². The van der Waals surface area contributed by atoms with E-state index >= 15 is 0 Å². The first-order chi connectivity index (χ1) is 9.42. The van der Waals surface area contributed by atoms with Crippen molar-refractivity contribution in [1.29, 1.82) is 0 Å². The molecule has 1 saturated heterocycles. The number of nitrogens with zero attached hydrogens (tertiary/aromatic N) is 2. The van der Waals surface area contributed by atoms with Gasteiger partial charge in [0.1, 0.15) is 0 Å². The molecule has 0 spiro atoms. The zero-order valence-corrected chi connectivity index (χ0v) is 12.5. The van der Waals surface area contributed by atoms with E-state index in [4.69, 9.17) is 4.74 Å². The van der Waals surface area contributed by atoms with E-state index in [0.717, 1.165) is 25.1 Å². The van der Waals surface area contributed by atoms with E-state index in [9.17, 15) is 4.79 Å². The quantitative estimate of drug-likeness (QED) is 0.876. The van der Waals surface area contributed by atoms with Crippen molar-refractivity contribution in [1.82, 2.24) is 15.3 Å². The molecule has 1 aromatic heterocycles. The second-order valence-corrected chi connectivity index (χ2v) is 5.84. The van der Waals surface area contributed by atoms with Gasteiger partial charge in [-0.05, 0) is 31.7 Å². The summed E-state index contributed by atoms with van der Waals surface area (Å²) in [6.07, 6.45) is 2.11. The Hall–Kier alpha value is -1.69. The molecule has 110 valence electrons. The number of aromatic nitrogens is 2. The average Bonchev–Trinajstić information content (AvgIpc) is 2.37. The van der Waals surface area contributed by atoms with Crippen LogP contribution >= 0.6 is 0 Å². The van der Waals surface area contributed by atoms with Crippen LogP contribution < -0.4 is 15.4 Å². The minimum absolute atomic E-state index is 0.0732. The summed E-state index contributed by atoms with van der Waals surface area (Å²) in [5.74, 6) is 0.640. The largest absolute Gasteiger partial charge is 0.481 e. The van der Waals surface area contributed by atoms with Crippen LogP contribution in [-0.4, -0.2) is 35.6 Å². The van der Waals surface area contributed by atoms with Gasteiger partial charge >= 0.3 is 0 Å². The van der Waals surface area contributed by atoms with E-state index in [2.05, 4.69) is 34.4 Å². The molecule has 1 aliphatic rings. The molecule has 2 N–H and O–H groups in total. The Bertz CT molecular complexity index is 502. The molecule has 1 unspecified atom stereocenters. The molecule has 2 heterocycles. The van der Waals surface area contributed by atoms with Crippen molar-refractivity contribution in [2.45, 2.75) is 39.7 Å². The number of ether oxygens (including phenoxy) is 1. The van der Waals surface area contributed by atoms with Crippen molar-refractivity contribution in [2.75, 3.05) is 19.0 Å². The third-order valence-electron chi connectivity index (χ3n) is 3.66. The molecular weight excluding hydrogens is 256 g/mol. The van der Waals surface area contributed by atoms with Crippen molar-refractivity contribution in [3.8, 4) is 5.88 Å². The summed E-state index contributed by atoms with van der Waals surface area (Å²) in [7, 11) is 1.54. The van der Waals surface area contributed by atoms with Crippen LogP contribution in [0.25, 0.3) is 0 Å². The topological polar surface area (TPSA) is 76.1 Å². The highest BCUT2D eigenvalue weighted by molar-refractivity contribution is 5.94. The molecular formula is C14H22N4O2. The Kier molecular flexibility index (Phi) is 4.23. The van der Waals surface area contributed by atoms with Crippen LogP contribution in [-0.2, 0) is 4.79 Å². The standard InChI is InChI=1S/C14H22N4O2/c1-9-8-10(20-4)17-13(16-9)18-12(19)11-14(2,3)6-5-7-15-11/h8,11,15H,5-7H2,1-4H3,(H,16,17,18,19). The molecule has 0 aliphatic carbocycles. The maximum Gasteiger partial charge on any atom is 0.244 e. The molecule has 6 heteroatoms. The first kappa shape index (κ1) is 14.7. The normalized spacial score (nSPS) is 21.3. The summed E-state index contributed by atoms with van der Waals surface area (Å²) in [4.78, 5) is 20.8. The van der Waals surface area contributed by atoms with Crippen molar-refractivity contribution in [3.63, 3.8) is 0 Å². The maximum absolute atomic E-state index is 12.4. The lowest BCUT2D eigenvalue weighted by Crippen LogP contribution is -2.53. The molecule has 0 saturated carbocycles. The molecule has 1 aliphatic heterocycles. The summed E-state index contributed by atoms with van der Waals surface area (Å²) < 4.78 is 5.09. The van der Waals surface area contributed by atoms with Gasteiger partial charge in [-0.3, -0.25) is 10.1 Å². The number of hydrogen-bond donors (Lipinski definition) is 2. The summed E-state index contributed by atoms with van der Waals surface area (Å²) in [6, 6.07) is 1.49. The van der Waals surface area contributed by atoms with Gasteiger partial charge in [0.2, 0.25) is 17.7 Å². The number of rotatable bonds is 3. The SMILES string of the molecule is COc1cc(C)nc(NC(=O)C2NCCCC2(C)C)n1. The highest BCUT2D eigenvalue weighted by Crippen LogP contribution is 2.30. The zero-order chi connectivity index (χ0) is 14.8. The van der Waals surface area contributed by atoms with E-state index < -0.39 is 0 Å². The third-order valence-corrected chi connectivity index (χ3v) is 3.66. The number of amides is 1. The van der Waals surface area contributed by atoms with Crippen LogP contribution in [0.2, 0.25) is 0 Å². The molecule has 1 fully saturated rings. The molecule has 1 amide bonds. The van der Waals surface area contributed by atoms with Gasteiger partial charge in [0, 0.05) is 11.8 Å². The summed E-state index contributed by atoms with van der Waals surface area (Å²) in [5, 5.41) is 6.05. The third kappa shape index (κ3) is 3.25. The number of anilines is 1. The second kappa shape index (κ2) is 5.75. The molecule has 6 nitrogen and oxygen atoms in total. The first-order valence-corrected chi connectivity index (χ1v) is 6.86. The minimum atomic E-state index is -0.230. The van der Waals surface area contributed by atoms with Crippen molar-refractivity contribution in [3.05, 3.63) is 11.8 Å². The van der Waals surface area contributed by atoms with E-state index in [-0.39, 0.29) is 23.3 Å². The Morgan fingerprint density at radius 3 is 2.90 bits per heavy atom. The average molecular weight is 278 g/mol. The lowest BCUT2D eigenvalue weighted by Gasteiger charge is -2.38. The van der Waals surface area contributed by atoms with Crippen LogP contribution in [0.4, 0.5) is 5.95 Å². The second-order valence-electron chi connectivity index (χ2n) is 5.84. The zero-order valence-electron chi connectivity index (χ0n) is 12.5. The molecule has 1 aromatic rings. The van der Waals surface area contributed by atoms with Crippen molar-refractivity contribution < 1.29 is 9.53 Å². The molecule has 1 atom stereocenters. The predicted octanol–water partition coefficient (Wildman–Crippen LogP) is 1.51. The van der Waals surface area contributed by atoms with Gasteiger partial charge in [0.25, 0.3) is 0 Å². The highest BCUT2D eigenvalue weighted by Gasteiger charge is 2.37. The van der Waals surface area contributed by atoms with Gasteiger partial charge in [-0.2, -0.15) is 4.98 Å². The molecule has 0 bridgehead atoms. The highest BCUT2D eigenvalue weighted by atomic mass is 16.5.